The molecule has 11 aromatic heterocycles. The monoisotopic (exact) mass is 1570 g/mol. The normalized spacial score (nSPS) is 10.4. The zero-order valence-electron chi connectivity index (χ0n) is 72.6. The molecule has 0 spiro atoms. The maximum Gasteiger partial charge on any atom is 0.418 e. The lowest BCUT2D eigenvalue weighted by atomic mass is 10.2. The summed E-state index contributed by atoms with van der Waals surface area (Å²) in [6.07, 6.45) is 9.68. The molecule has 0 unspecified atom stereocenters. The molecule has 0 aliphatic heterocycles. The van der Waals surface area contributed by atoms with Crippen LogP contribution in [0.25, 0.3) is 87.7 Å². The van der Waals surface area contributed by atoms with Crippen LogP contribution in [-0.2, 0) is 12.4 Å². The molecule has 13 nitrogen and oxygen atoms in total. The molecule has 0 radical (unpaired) electrons. The summed E-state index contributed by atoms with van der Waals surface area (Å²) in [5.74, 6) is 6.67. The lowest BCUT2D eigenvalue weighted by Gasteiger charge is -2.02. The molecule has 0 amide bonds. The fourth-order valence-corrected chi connectivity index (χ4v) is 8.45. The number of pyridine rings is 3. The first-order chi connectivity index (χ1) is 53.7. The van der Waals surface area contributed by atoms with Crippen molar-refractivity contribution in [2.75, 3.05) is 0 Å². The summed E-state index contributed by atoms with van der Waals surface area (Å²) in [5, 5.41) is 13.2. The van der Waals surface area contributed by atoms with Gasteiger partial charge < -0.3 is 34.9 Å². The summed E-state index contributed by atoms with van der Waals surface area (Å²) in [6, 6.07) is 53.7. The van der Waals surface area contributed by atoms with Gasteiger partial charge in [0.05, 0.1) is 40.2 Å². The minimum absolute atomic E-state index is 0.106. The summed E-state index contributed by atoms with van der Waals surface area (Å²) in [7, 11) is 0. The maximum atomic E-state index is 12.3. The van der Waals surface area contributed by atoms with E-state index in [0.717, 1.165) is 98.4 Å². The Morgan fingerprint density at radius 2 is 0.614 bits per heavy atom. The standard InChI is InChI=1S/C9H6F3N.C9H9N.C8H5F3N2.C8H8N2.C8H7N.3C7H6N2.8C4H10/c10-9(11,12)7-5-13-8-4-2-1-3-6(7)8;1-7-6-10-9-5-3-2-4-8(7)9;9-8(10,11)6-4-13-7-5(6)2-1-3-12-7;1-6-5-10-8-7(6)3-2-4-9-8;1-2-4-8-7(3-1)5-6-9-8;1-2-6-3-5-9-7(6)8-4-1;1-2-4-7-6(3-1)8-5-9-7;1-2-4-7-6(3-1)5-8-9-7;8*1-4(2)3/h1-5,13H;2-6,10H,1H3;1-4H,(H,12,13);2-5H,1H3,(H,9,10);1-6,9H;3*1-5H,(H,8,9);8*4H,1-3H3. The first kappa shape index (κ1) is 101. The lowest BCUT2D eigenvalue weighted by Crippen LogP contribution is -2.03. The molecule has 0 bridgehead atoms. The number of rotatable bonds is 0. The molecule has 19 heteroatoms. The van der Waals surface area contributed by atoms with Crippen LogP contribution in [0.3, 0.4) is 0 Å². The van der Waals surface area contributed by atoms with Gasteiger partial charge in [-0.05, 0) is 163 Å². The van der Waals surface area contributed by atoms with Gasteiger partial charge in [-0.15, -0.1) is 0 Å². The summed E-state index contributed by atoms with van der Waals surface area (Å²) in [5.41, 5.74) is 9.63. The molecule has 114 heavy (non-hydrogen) atoms. The number of para-hydroxylation sites is 6. The third-order valence-corrected chi connectivity index (χ3v) is 12.6. The predicted molar refractivity (Wildman–Crippen MR) is 479 cm³/mol. The zero-order valence-corrected chi connectivity index (χ0v) is 72.6. The van der Waals surface area contributed by atoms with Gasteiger partial charge in [-0.2, -0.15) is 31.4 Å². The number of aromatic nitrogens is 13. The maximum absolute atomic E-state index is 12.3. The highest BCUT2D eigenvalue weighted by Gasteiger charge is 2.34. The van der Waals surface area contributed by atoms with Gasteiger partial charge in [-0.3, -0.25) is 5.10 Å². The number of H-pyrrole nitrogens is 8. The van der Waals surface area contributed by atoms with Gasteiger partial charge in [0, 0.05) is 105 Å². The fraction of sp³-hybridized carbons (Fsp3) is 0.379. The van der Waals surface area contributed by atoms with E-state index in [4.69, 9.17) is 0 Å². The molecule has 8 N–H and O–H groups in total. The van der Waals surface area contributed by atoms with E-state index < -0.39 is 23.5 Å². The van der Waals surface area contributed by atoms with E-state index in [-0.39, 0.29) is 16.4 Å². The van der Waals surface area contributed by atoms with Gasteiger partial charge >= 0.3 is 12.4 Å². The average molecular weight is 1570 g/mol. The SMILES string of the molecule is CC(C)C.CC(C)C.CC(C)C.CC(C)C.CC(C)C.CC(C)C.CC(C)C.CC(C)C.Cc1c[nH]c2ccccc12.Cc1c[nH]c2ncccc12.FC(F)(F)c1c[nH]c2ccccc12.FC(F)(F)c1c[nH]c2ncccc12.c1ccc2[nH]ccc2c1.c1ccc2[nH]cnc2c1.c1ccc2[nH]ncc2c1.c1cnc2[nH]ccc2c1. The molecule has 0 aliphatic carbocycles. The van der Waals surface area contributed by atoms with Crippen molar-refractivity contribution in [1.82, 2.24) is 65.0 Å². The first-order valence-electron chi connectivity index (χ1n) is 39.4. The number of aryl methyl sites for hydroxylation is 2. The number of fused-ring (bicyclic) bond motifs is 8. The molecule has 620 valence electrons. The van der Waals surface area contributed by atoms with Crippen molar-refractivity contribution in [2.24, 2.45) is 47.3 Å². The molecule has 16 aromatic rings. The van der Waals surface area contributed by atoms with E-state index in [2.05, 4.69) is 288 Å². The van der Waals surface area contributed by atoms with Crippen molar-refractivity contribution in [2.45, 2.75) is 192 Å². The average Bonchev–Trinajstić information content (AvgIpc) is 1.65. The van der Waals surface area contributed by atoms with E-state index in [9.17, 15) is 26.3 Å². The van der Waals surface area contributed by atoms with Crippen LogP contribution in [0.4, 0.5) is 26.3 Å². The Morgan fingerprint density at radius 1 is 0.272 bits per heavy atom. The Bertz CT molecular complexity index is 4350. The fourth-order valence-electron chi connectivity index (χ4n) is 8.45. The summed E-state index contributed by atoms with van der Waals surface area (Å²) in [6.45, 7) is 56.2. The topological polar surface area (TPSA) is 191 Å². The lowest BCUT2D eigenvalue weighted by molar-refractivity contribution is -0.137. The zero-order chi connectivity index (χ0) is 85.9. The van der Waals surface area contributed by atoms with E-state index in [0.29, 0.717) is 5.52 Å². The van der Waals surface area contributed by atoms with Crippen LogP contribution in [0.2, 0.25) is 0 Å². The molecule has 5 aromatic carbocycles. The van der Waals surface area contributed by atoms with Crippen LogP contribution in [0.15, 0.2) is 238 Å². The molecule has 11 heterocycles. The van der Waals surface area contributed by atoms with Crippen LogP contribution < -0.4 is 0 Å². The molecule has 0 aliphatic rings. The Kier molecular flexibility index (Phi) is 49.5. The van der Waals surface area contributed by atoms with Crippen LogP contribution in [-0.4, -0.2) is 65.0 Å². The van der Waals surface area contributed by atoms with E-state index in [1.54, 1.807) is 36.9 Å². The van der Waals surface area contributed by atoms with Crippen LogP contribution in [0.1, 0.15) is 188 Å². The second-order valence-corrected chi connectivity index (χ2v) is 32.0. The number of benzene rings is 5. The van der Waals surface area contributed by atoms with Crippen molar-refractivity contribution >= 4 is 87.7 Å². The number of aromatic amines is 8. The minimum atomic E-state index is -4.32. The second kappa shape index (κ2) is 55.7. The number of nitrogens with one attached hydrogen (secondary N) is 8. The largest absolute Gasteiger partial charge is 0.418 e. The number of hydrogen-bond acceptors (Lipinski definition) is 5. The molecule has 0 fully saturated rings. The quantitative estimate of drug-likeness (QED) is 0.0700. The van der Waals surface area contributed by atoms with Gasteiger partial charge in [0.15, 0.2) is 0 Å². The highest BCUT2D eigenvalue weighted by Crippen LogP contribution is 2.35. The van der Waals surface area contributed by atoms with Crippen LogP contribution >= 0.6 is 0 Å². The van der Waals surface area contributed by atoms with Crippen molar-refractivity contribution < 1.29 is 26.3 Å². The van der Waals surface area contributed by atoms with E-state index >= 15 is 0 Å². The van der Waals surface area contributed by atoms with Gasteiger partial charge in [0.1, 0.15) is 16.9 Å². The number of nitrogens with zero attached hydrogens (tertiary/aromatic N) is 5. The van der Waals surface area contributed by atoms with Gasteiger partial charge in [-0.1, -0.05) is 251 Å². The first-order valence-corrected chi connectivity index (χ1v) is 39.4. The third-order valence-electron chi connectivity index (χ3n) is 12.6. The van der Waals surface area contributed by atoms with Gasteiger partial charge in [0.25, 0.3) is 0 Å². The highest BCUT2D eigenvalue weighted by molar-refractivity contribution is 5.85. The molecule has 0 saturated heterocycles. The van der Waals surface area contributed by atoms with E-state index in [1.165, 1.54) is 62.7 Å². The summed E-state index contributed by atoms with van der Waals surface area (Å²) >= 11 is 0. The number of alkyl halides is 6. The van der Waals surface area contributed by atoms with Crippen molar-refractivity contribution in [3.63, 3.8) is 0 Å². The smallest absolute Gasteiger partial charge is 0.361 e. The van der Waals surface area contributed by atoms with Crippen molar-refractivity contribution in [1.29, 1.82) is 0 Å². The number of imidazole rings is 1. The molecule has 16 rings (SSSR count). The summed E-state index contributed by atoms with van der Waals surface area (Å²) < 4.78 is 73.9. The number of hydrogen-bond donors (Lipinski definition) is 8. The Morgan fingerprint density at radius 3 is 1.10 bits per heavy atom. The van der Waals surface area contributed by atoms with Crippen LogP contribution in [0.5, 0.6) is 0 Å². The Hall–Kier alpha value is -10.7. The Balaban J connectivity index is 0.000000620. The number of halogens is 6. The van der Waals surface area contributed by atoms with Crippen molar-refractivity contribution in [3.8, 4) is 0 Å². The Labute approximate surface area is 675 Å². The van der Waals surface area contributed by atoms with Crippen molar-refractivity contribution in [3.05, 3.63) is 260 Å². The molecular formula is C95H133F6N13. The molecule has 0 saturated carbocycles. The highest BCUT2D eigenvalue weighted by atomic mass is 19.4. The summed E-state index contributed by atoms with van der Waals surface area (Å²) in [4.78, 5) is 36.5. The third kappa shape index (κ3) is 45.7. The minimum Gasteiger partial charge on any atom is -0.361 e. The van der Waals surface area contributed by atoms with E-state index in [1.807, 2.05) is 122 Å². The predicted octanol–water partition coefficient (Wildman–Crippen LogP) is 30.3. The van der Waals surface area contributed by atoms with Gasteiger partial charge in [-0.25, -0.2) is 19.9 Å². The van der Waals surface area contributed by atoms with Gasteiger partial charge in [0.2, 0.25) is 0 Å². The van der Waals surface area contributed by atoms with Crippen LogP contribution in [0, 0.1) is 61.2 Å². The second-order valence-electron chi connectivity index (χ2n) is 32.0. The molecular weight excluding hydrogens is 1440 g/mol. The molecule has 0 atom stereocenters.